The van der Waals surface area contributed by atoms with Gasteiger partial charge in [0.2, 0.25) is 0 Å². The molecule has 3 nitrogen and oxygen atoms in total. The molecule has 222 valence electrons. The molecule has 0 spiro atoms. The van der Waals surface area contributed by atoms with Crippen LogP contribution in [0.15, 0.2) is 164 Å². The maximum Gasteiger partial charge on any atom is 0.162 e. The summed E-state index contributed by atoms with van der Waals surface area (Å²) in [7, 11) is 0. The van der Waals surface area contributed by atoms with Gasteiger partial charge >= 0.3 is 0 Å². The van der Waals surface area contributed by atoms with Crippen LogP contribution in [0.3, 0.4) is 0 Å². The van der Waals surface area contributed by atoms with E-state index in [0.29, 0.717) is 5.82 Å². The van der Waals surface area contributed by atoms with Crippen molar-refractivity contribution in [2.45, 2.75) is 5.41 Å². The Hall–Kier alpha value is -6.32. The Morgan fingerprint density at radius 2 is 1.12 bits per heavy atom. The van der Waals surface area contributed by atoms with E-state index in [2.05, 4.69) is 144 Å². The first-order valence-corrected chi connectivity index (χ1v) is 16.5. The molecule has 2 aliphatic carbocycles. The summed E-state index contributed by atoms with van der Waals surface area (Å²) < 4.78 is 2.38. The van der Waals surface area contributed by atoms with Gasteiger partial charge in [-0.1, -0.05) is 146 Å². The van der Waals surface area contributed by atoms with Crippen LogP contribution in [0.2, 0.25) is 0 Å². The van der Waals surface area contributed by atoms with Crippen LogP contribution >= 0.6 is 0 Å². The van der Waals surface area contributed by atoms with E-state index >= 15 is 0 Å². The first-order chi connectivity index (χ1) is 23.8. The van der Waals surface area contributed by atoms with Gasteiger partial charge in [-0.15, -0.1) is 0 Å². The second-order valence-electron chi connectivity index (χ2n) is 12.9. The largest absolute Gasteiger partial charge is 0.294 e. The van der Waals surface area contributed by atoms with Crippen molar-refractivity contribution in [3.05, 3.63) is 186 Å². The third kappa shape index (κ3) is 3.18. The van der Waals surface area contributed by atoms with Gasteiger partial charge in [0.1, 0.15) is 5.82 Å². The molecule has 0 radical (unpaired) electrons. The molecule has 0 N–H and O–H groups in total. The lowest BCUT2D eigenvalue weighted by molar-refractivity contribution is 0.782. The van der Waals surface area contributed by atoms with Gasteiger partial charge in [-0.3, -0.25) is 4.57 Å². The summed E-state index contributed by atoms with van der Waals surface area (Å²) in [6.07, 6.45) is 0. The molecular weight excluding hydrogens is 583 g/mol. The van der Waals surface area contributed by atoms with Gasteiger partial charge in [-0.2, -0.15) is 0 Å². The highest BCUT2D eigenvalue weighted by Crippen LogP contribution is 2.63. The van der Waals surface area contributed by atoms with Crippen LogP contribution in [0.4, 0.5) is 0 Å². The maximum absolute atomic E-state index is 5.32. The number of rotatable bonds is 4. The molecule has 0 bridgehead atoms. The summed E-state index contributed by atoms with van der Waals surface area (Å²) in [5, 5.41) is 5.19. The van der Waals surface area contributed by atoms with E-state index < -0.39 is 5.41 Å². The Balaban J connectivity index is 1.33. The monoisotopic (exact) mass is 609 g/mol. The quantitative estimate of drug-likeness (QED) is 0.199. The van der Waals surface area contributed by atoms with Crippen molar-refractivity contribution in [1.82, 2.24) is 14.5 Å². The lowest BCUT2D eigenvalue weighted by Gasteiger charge is -2.37. The fraction of sp³-hybridized carbons (Fsp3) is 0.0222. The molecule has 0 saturated carbocycles. The molecule has 1 atom stereocenters. The molecule has 0 amide bonds. The predicted octanol–water partition coefficient (Wildman–Crippen LogP) is 10.7. The van der Waals surface area contributed by atoms with Gasteiger partial charge in [0.05, 0.1) is 22.1 Å². The Labute approximate surface area is 277 Å². The summed E-state index contributed by atoms with van der Waals surface area (Å²) in [4.78, 5) is 10.4. The molecule has 2 heterocycles. The normalized spacial score (nSPS) is 15.6. The fourth-order valence-electron chi connectivity index (χ4n) is 8.77. The zero-order chi connectivity index (χ0) is 31.4. The van der Waals surface area contributed by atoms with Crippen LogP contribution < -0.4 is 0 Å². The standard InChI is InChI=1S/C45H27N3/c1-4-13-28(14-5-1)36-27-39(47-44(46-36)30-15-6-2-7-16-30)48-37-25-23-29-17-12-22-35-40(29)41(37)42-38(48)26-24-33-32-20-10-11-21-34(32)45(35,43(33)42)31-18-8-3-9-19-31/h1-27H. The molecule has 0 fully saturated rings. The molecular formula is C45H27N3. The van der Waals surface area contributed by atoms with E-state index in [9.17, 15) is 0 Å². The van der Waals surface area contributed by atoms with Gasteiger partial charge in [0.25, 0.3) is 0 Å². The first kappa shape index (κ1) is 25.8. The summed E-state index contributed by atoms with van der Waals surface area (Å²) >= 11 is 0. The van der Waals surface area contributed by atoms with Crippen LogP contribution in [0, 0.1) is 0 Å². The molecule has 0 saturated heterocycles. The maximum atomic E-state index is 5.32. The molecule has 1 unspecified atom stereocenters. The third-order valence-corrected chi connectivity index (χ3v) is 10.6. The predicted molar refractivity (Wildman–Crippen MR) is 196 cm³/mol. The number of nitrogens with zero attached hydrogens (tertiary/aromatic N) is 3. The average molecular weight is 610 g/mol. The second-order valence-corrected chi connectivity index (χ2v) is 12.9. The van der Waals surface area contributed by atoms with E-state index in [-0.39, 0.29) is 0 Å². The minimum Gasteiger partial charge on any atom is -0.294 e. The van der Waals surface area contributed by atoms with E-state index in [1.807, 2.05) is 24.3 Å². The van der Waals surface area contributed by atoms with Crippen LogP contribution in [-0.4, -0.2) is 14.5 Å². The molecule has 7 aromatic carbocycles. The van der Waals surface area contributed by atoms with E-state index in [4.69, 9.17) is 9.97 Å². The molecule has 2 aliphatic rings. The highest BCUT2D eigenvalue weighted by atomic mass is 15.1. The molecule has 3 heteroatoms. The Bertz CT molecular complexity index is 2710. The van der Waals surface area contributed by atoms with E-state index in [0.717, 1.165) is 33.7 Å². The van der Waals surface area contributed by atoms with Crippen LogP contribution in [0.5, 0.6) is 0 Å². The number of aromatic nitrogens is 3. The SMILES string of the molecule is c1ccc(-c2cc(-n3c4ccc5c6c4c4c7c(cccc7ccc43)C6(c3ccccc3)c3ccccc3-5)nc(-c3ccccc3)n2)cc1. The van der Waals surface area contributed by atoms with Gasteiger partial charge in [0, 0.05) is 28.0 Å². The third-order valence-electron chi connectivity index (χ3n) is 10.6. The van der Waals surface area contributed by atoms with Crippen molar-refractivity contribution >= 4 is 32.6 Å². The molecule has 48 heavy (non-hydrogen) atoms. The Kier molecular flexibility index (Phi) is 5.04. The topological polar surface area (TPSA) is 30.7 Å². The highest BCUT2D eigenvalue weighted by molar-refractivity contribution is 6.27. The van der Waals surface area contributed by atoms with Gasteiger partial charge < -0.3 is 0 Å². The van der Waals surface area contributed by atoms with Crippen molar-refractivity contribution in [1.29, 1.82) is 0 Å². The van der Waals surface area contributed by atoms with Crippen molar-refractivity contribution < 1.29 is 0 Å². The Morgan fingerprint density at radius 3 is 1.94 bits per heavy atom. The minimum atomic E-state index is -0.435. The van der Waals surface area contributed by atoms with Crippen LogP contribution in [0.1, 0.15) is 22.3 Å². The minimum absolute atomic E-state index is 0.435. The lowest BCUT2D eigenvalue weighted by Crippen LogP contribution is -2.30. The lowest BCUT2D eigenvalue weighted by atomic mass is 9.63. The van der Waals surface area contributed by atoms with Crippen LogP contribution in [-0.2, 0) is 5.41 Å². The summed E-state index contributed by atoms with van der Waals surface area (Å²) in [5.41, 5.74) is 12.8. The zero-order valence-corrected chi connectivity index (χ0v) is 25.9. The fourth-order valence-corrected chi connectivity index (χ4v) is 8.77. The molecule has 2 aromatic heterocycles. The molecule has 0 aliphatic heterocycles. The smallest absolute Gasteiger partial charge is 0.162 e. The summed E-state index contributed by atoms with van der Waals surface area (Å²) in [6, 6.07) is 59.2. The number of hydrogen-bond acceptors (Lipinski definition) is 2. The van der Waals surface area contributed by atoms with Crippen molar-refractivity contribution in [3.8, 4) is 39.6 Å². The summed E-state index contributed by atoms with van der Waals surface area (Å²) in [6.45, 7) is 0. The molecule has 9 aromatic rings. The molecule has 11 rings (SSSR count). The van der Waals surface area contributed by atoms with E-state index in [1.54, 1.807) is 0 Å². The van der Waals surface area contributed by atoms with Gasteiger partial charge in [-0.25, -0.2) is 9.97 Å². The first-order valence-electron chi connectivity index (χ1n) is 16.5. The average Bonchev–Trinajstić information content (AvgIpc) is 3.67. The zero-order valence-electron chi connectivity index (χ0n) is 25.9. The van der Waals surface area contributed by atoms with E-state index in [1.165, 1.54) is 54.9 Å². The van der Waals surface area contributed by atoms with Gasteiger partial charge in [0.15, 0.2) is 5.82 Å². The van der Waals surface area contributed by atoms with Crippen LogP contribution in [0.25, 0.3) is 72.2 Å². The van der Waals surface area contributed by atoms with Crippen molar-refractivity contribution in [2.75, 3.05) is 0 Å². The van der Waals surface area contributed by atoms with Gasteiger partial charge in [-0.05, 0) is 56.3 Å². The number of hydrogen-bond donors (Lipinski definition) is 0. The number of fused-ring (bicyclic) bond motifs is 4. The Morgan fingerprint density at radius 1 is 0.458 bits per heavy atom. The summed E-state index contributed by atoms with van der Waals surface area (Å²) in [5.74, 6) is 1.58. The second kappa shape index (κ2) is 9.37. The highest BCUT2D eigenvalue weighted by Gasteiger charge is 2.50. The van der Waals surface area contributed by atoms with Crippen molar-refractivity contribution in [3.63, 3.8) is 0 Å². The number of benzene rings is 7. The van der Waals surface area contributed by atoms with Crippen molar-refractivity contribution in [2.24, 2.45) is 0 Å².